The van der Waals surface area contributed by atoms with Gasteiger partial charge in [-0.15, -0.1) is 0 Å². The standard InChI is InChI=1S/C13H24N2O3/c1-3-18-13(17)11-5-8-15(9-6-11)12(16)10(2)4-7-14/h10-11H,3-9,14H2,1-2H3. The number of esters is 1. The molecule has 0 radical (unpaired) electrons. The number of hydrogen-bond acceptors (Lipinski definition) is 4. The van der Waals surface area contributed by atoms with Crippen LogP contribution in [-0.2, 0) is 14.3 Å². The van der Waals surface area contributed by atoms with Gasteiger partial charge in [-0.1, -0.05) is 6.92 Å². The average molecular weight is 256 g/mol. The third-order valence-electron chi connectivity index (χ3n) is 3.45. The predicted molar refractivity (Wildman–Crippen MR) is 68.8 cm³/mol. The molecule has 1 rings (SSSR count). The summed E-state index contributed by atoms with van der Waals surface area (Å²) in [5.41, 5.74) is 5.46. The molecular weight excluding hydrogens is 232 g/mol. The first kappa shape index (κ1) is 15.0. The average Bonchev–Trinajstić information content (AvgIpc) is 2.38. The summed E-state index contributed by atoms with van der Waals surface area (Å²) in [6.45, 7) is 5.98. The summed E-state index contributed by atoms with van der Waals surface area (Å²) in [5, 5.41) is 0. The maximum absolute atomic E-state index is 12.0. The van der Waals surface area contributed by atoms with E-state index in [9.17, 15) is 9.59 Å². The van der Waals surface area contributed by atoms with Gasteiger partial charge in [0.1, 0.15) is 0 Å². The predicted octanol–water partition coefficient (Wildman–Crippen LogP) is 0.773. The molecular formula is C13H24N2O3. The Kier molecular flexibility index (Phi) is 6.12. The topological polar surface area (TPSA) is 72.6 Å². The Balaban J connectivity index is 2.39. The Hall–Kier alpha value is -1.10. The van der Waals surface area contributed by atoms with Crippen molar-refractivity contribution in [1.82, 2.24) is 4.90 Å². The van der Waals surface area contributed by atoms with Crippen LogP contribution in [0.25, 0.3) is 0 Å². The molecule has 5 nitrogen and oxygen atoms in total. The van der Waals surface area contributed by atoms with Crippen LogP contribution < -0.4 is 5.73 Å². The Morgan fingerprint density at radius 2 is 2.00 bits per heavy atom. The molecule has 1 amide bonds. The van der Waals surface area contributed by atoms with Crippen LogP contribution >= 0.6 is 0 Å². The molecule has 0 aromatic heterocycles. The van der Waals surface area contributed by atoms with E-state index in [1.807, 2.05) is 18.7 Å². The Morgan fingerprint density at radius 1 is 1.39 bits per heavy atom. The van der Waals surface area contributed by atoms with Gasteiger partial charge in [0.15, 0.2) is 0 Å². The van der Waals surface area contributed by atoms with Crippen molar-refractivity contribution in [3.05, 3.63) is 0 Å². The van der Waals surface area contributed by atoms with E-state index in [1.54, 1.807) is 0 Å². The minimum atomic E-state index is -0.125. The molecule has 0 saturated carbocycles. The molecule has 0 aromatic rings. The Bertz CT molecular complexity index is 286. The third-order valence-corrected chi connectivity index (χ3v) is 3.45. The van der Waals surface area contributed by atoms with Crippen molar-refractivity contribution in [3.63, 3.8) is 0 Å². The molecule has 1 unspecified atom stereocenters. The fraction of sp³-hybridized carbons (Fsp3) is 0.846. The van der Waals surface area contributed by atoms with Gasteiger partial charge in [-0.2, -0.15) is 0 Å². The monoisotopic (exact) mass is 256 g/mol. The first-order chi connectivity index (χ1) is 8.60. The van der Waals surface area contributed by atoms with Gasteiger partial charge in [-0.25, -0.2) is 0 Å². The van der Waals surface area contributed by atoms with E-state index in [0.717, 1.165) is 6.42 Å². The summed E-state index contributed by atoms with van der Waals surface area (Å²) in [6.07, 6.45) is 2.14. The number of carbonyl (C=O) groups excluding carboxylic acids is 2. The highest BCUT2D eigenvalue weighted by Gasteiger charge is 2.29. The summed E-state index contributed by atoms with van der Waals surface area (Å²) in [7, 11) is 0. The molecule has 2 N–H and O–H groups in total. The molecule has 0 bridgehead atoms. The fourth-order valence-corrected chi connectivity index (χ4v) is 2.28. The number of carbonyl (C=O) groups is 2. The van der Waals surface area contributed by atoms with Gasteiger partial charge in [0.25, 0.3) is 0 Å². The van der Waals surface area contributed by atoms with Crippen LogP contribution in [-0.4, -0.2) is 43.0 Å². The van der Waals surface area contributed by atoms with Crippen LogP contribution in [0.5, 0.6) is 0 Å². The molecule has 104 valence electrons. The lowest BCUT2D eigenvalue weighted by Gasteiger charge is -2.32. The van der Waals surface area contributed by atoms with Crippen LogP contribution in [0, 0.1) is 11.8 Å². The number of nitrogens with zero attached hydrogens (tertiary/aromatic N) is 1. The van der Waals surface area contributed by atoms with Gasteiger partial charge in [0, 0.05) is 19.0 Å². The second kappa shape index (κ2) is 7.36. The molecule has 0 spiro atoms. The van der Waals surface area contributed by atoms with Gasteiger partial charge in [0.2, 0.25) is 5.91 Å². The van der Waals surface area contributed by atoms with Crippen molar-refractivity contribution >= 4 is 11.9 Å². The van der Waals surface area contributed by atoms with Crippen molar-refractivity contribution in [2.75, 3.05) is 26.2 Å². The van der Waals surface area contributed by atoms with Crippen molar-refractivity contribution in [3.8, 4) is 0 Å². The van der Waals surface area contributed by atoms with E-state index in [1.165, 1.54) is 0 Å². The molecule has 0 aromatic carbocycles. The van der Waals surface area contributed by atoms with E-state index < -0.39 is 0 Å². The number of rotatable bonds is 5. The van der Waals surface area contributed by atoms with Crippen molar-refractivity contribution in [2.24, 2.45) is 17.6 Å². The van der Waals surface area contributed by atoms with Crippen LogP contribution in [0.2, 0.25) is 0 Å². The van der Waals surface area contributed by atoms with Crippen LogP contribution in [0.15, 0.2) is 0 Å². The third kappa shape index (κ3) is 3.98. The smallest absolute Gasteiger partial charge is 0.309 e. The number of likely N-dealkylation sites (tertiary alicyclic amines) is 1. The lowest BCUT2D eigenvalue weighted by atomic mass is 9.95. The minimum Gasteiger partial charge on any atom is -0.466 e. The molecule has 18 heavy (non-hydrogen) atoms. The highest BCUT2D eigenvalue weighted by molar-refractivity contribution is 5.79. The zero-order valence-electron chi connectivity index (χ0n) is 11.4. The summed E-state index contributed by atoms with van der Waals surface area (Å²) in [4.78, 5) is 25.5. The molecule has 1 heterocycles. The van der Waals surface area contributed by atoms with E-state index in [4.69, 9.17) is 10.5 Å². The molecule has 1 atom stereocenters. The molecule has 5 heteroatoms. The van der Waals surface area contributed by atoms with Crippen molar-refractivity contribution in [2.45, 2.75) is 33.1 Å². The van der Waals surface area contributed by atoms with E-state index in [-0.39, 0.29) is 23.7 Å². The highest BCUT2D eigenvalue weighted by Crippen LogP contribution is 2.20. The minimum absolute atomic E-state index is 0.0193. The summed E-state index contributed by atoms with van der Waals surface area (Å²) >= 11 is 0. The molecule has 1 aliphatic heterocycles. The zero-order chi connectivity index (χ0) is 13.5. The van der Waals surface area contributed by atoms with Crippen LogP contribution in [0.3, 0.4) is 0 Å². The Morgan fingerprint density at radius 3 is 2.50 bits per heavy atom. The number of nitrogens with two attached hydrogens (primary N) is 1. The van der Waals surface area contributed by atoms with Crippen LogP contribution in [0.4, 0.5) is 0 Å². The number of ether oxygens (including phenoxy) is 1. The van der Waals surface area contributed by atoms with Gasteiger partial charge < -0.3 is 15.4 Å². The Labute approximate surface area is 109 Å². The number of amides is 1. The summed E-state index contributed by atoms with van der Waals surface area (Å²) in [6, 6.07) is 0. The molecule has 1 aliphatic rings. The maximum atomic E-state index is 12.0. The second-order valence-electron chi connectivity index (χ2n) is 4.83. The highest BCUT2D eigenvalue weighted by atomic mass is 16.5. The van der Waals surface area contributed by atoms with E-state index >= 15 is 0 Å². The number of piperidine rings is 1. The molecule has 1 saturated heterocycles. The lowest BCUT2D eigenvalue weighted by molar-refractivity contribution is -0.151. The van der Waals surface area contributed by atoms with Crippen molar-refractivity contribution < 1.29 is 14.3 Å². The second-order valence-corrected chi connectivity index (χ2v) is 4.83. The van der Waals surface area contributed by atoms with Crippen molar-refractivity contribution in [1.29, 1.82) is 0 Å². The van der Waals surface area contributed by atoms with Gasteiger partial charge in [0.05, 0.1) is 12.5 Å². The molecule has 0 aliphatic carbocycles. The zero-order valence-corrected chi connectivity index (χ0v) is 11.4. The largest absolute Gasteiger partial charge is 0.466 e. The number of hydrogen-bond donors (Lipinski definition) is 1. The maximum Gasteiger partial charge on any atom is 0.309 e. The fourth-order valence-electron chi connectivity index (χ4n) is 2.28. The first-order valence-electron chi connectivity index (χ1n) is 6.75. The lowest BCUT2D eigenvalue weighted by Crippen LogP contribution is -2.43. The first-order valence-corrected chi connectivity index (χ1v) is 6.75. The van der Waals surface area contributed by atoms with Gasteiger partial charge in [-0.05, 0) is 32.7 Å². The SMILES string of the molecule is CCOC(=O)C1CCN(C(=O)C(C)CCN)CC1. The van der Waals surface area contributed by atoms with E-state index in [2.05, 4.69) is 0 Å². The van der Waals surface area contributed by atoms with Gasteiger partial charge >= 0.3 is 5.97 Å². The summed E-state index contributed by atoms with van der Waals surface area (Å²) < 4.78 is 5.00. The normalized spacial score (nSPS) is 18.5. The van der Waals surface area contributed by atoms with E-state index in [0.29, 0.717) is 39.1 Å². The molecule has 1 fully saturated rings. The summed E-state index contributed by atoms with van der Waals surface area (Å²) in [5.74, 6) is -0.0321. The van der Waals surface area contributed by atoms with Gasteiger partial charge in [-0.3, -0.25) is 9.59 Å². The van der Waals surface area contributed by atoms with Crippen LogP contribution in [0.1, 0.15) is 33.1 Å². The quantitative estimate of drug-likeness (QED) is 0.738.